The number of imidazole rings is 1. The molecular formula is C10H17N3. The Bertz CT molecular complexity index is 312. The maximum Gasteiger partial charge on any atom is 0.111 e. The average molecular weight is 179 g/mol. The highest BCUT2D eigenvalue weighted by Gasteiger charge is 2.18. The lowest BCUT2D eigenvalue weighted by Gasteiger charge is -2.19. The normalized spacial score (nSPS) is 16.3. The van der Waals surface area contributed by atoms with Crippen molar-refractivity contribution in [2.24, 2.45) is 0 Å². The molecule has 0 radical (unpaired) electrons. The van der Waals surface area contributed by atoms with Crippen molar-refractivity contribution in [3.8, 4) is 0 Å². The smallest absolute Gasteiger partial charge is 0.111 e. The summed E-state index contributed by atoms with van der Waals surface area (Å²) in [6, 6.07) is 0. The van der Waals surface area contributed by atoms with E-state index in [1.165, 1.54) is 17.2 Å². The van der Waals surface area contributed by atoms with Crippen LogP contribution in [0.25, 0.3) is 0 Å². The van der Waals surface area contributed by atoms with Crippen molar-refractivity contribution >= 4 is 0 Å². The van der Waals surface area contributed by atoms with Gasteiger partial charge in [-0.25, -0.2) is 4.98 Å². The molecule has 0 atom stereocenters. The van der Waals surface area contributed by atoms with E-state index in [9.17, 15) is 0 Å². The molecule has 1 aliphatic heterocycles. The van der Waals surface area contributed by atoms with Crippen LogP contribution in [-0.2, 0) is 13.1 Å². The zero-order chi connectivity index (χ0) is 9.42. The van der Waals surface area contributed by atoms with Crippen LogP contribution >= 0.6 is 0 Å². The van der Waals surface area contributed by atoms with Gasteiger partial charge >= 0.3 is 0 Å². The van der Waals surface area contributed by atoms with E-state index in [0.29, 0.717) is 5.92 Å². The van der Waals surface area contributed by atoms with Crippen LogP contribution in [-0.4, -0.2) is 16.1 Å². The number of hydrogen-bond donors (Lipinski definition) is 1. The van der Waals surface area contributed by atoms with Gasteiger partial charge < -0.3 is 9.88 Å². The van der Waals surface area contributed by atoms with E-state index in [1.807, 2.05) is 0 Å². The van der Waals surface area contributed by atoms with Crippen LogP contribution < -0.4 is 5.32 Å². The van der Waals surface area contributed by atoms with E-state index in [4.69, 9.17) is 0 Å². The summed E-state index contributed by atoms with van der Waals surface area (Å²) in [5, 5.41) is 3.37. The fourth-order valence-electron chi connectivity index (χ4n) is 1.94. The van der Waals surface area contributed by atoms with Gasteiger partial charge in [-0.1, -0.05) is 13.8 Å². The summed E-state index contributed by atoms with van der Waals surface area (Å²) in [6.07, 6.45) is 0. The van der Waals surface area contributed by atoms with E-state index in [-0.39, 0.29) is 0 Å². The highest BCUT2D eigenvalue weighted by Crippen LogP contribution is 2.20. The number of aryl methyl sites for hydroxylation is 1. The number of nitrogens with one attached hydrogen (secondary N) is 1. The SMILES string of the molecule is Cc1nc(C(C)C)n2c1CNCC2. The molecule has 1 aliphatic rings. The maximum absolute atomic E-state index is 4.61. The standard InChI is InChI=1S/C10H17N3/c1-7(2)10-12-8(3)9-6-11-4-5-13(9)10/h7,11H,4-6H2,1-3H3. The van der Waals surface area contributed by atoms with Crippen LogP contribution in [0.15, 0.2) is 0 Å². The van der Waals surface area contributed by atoms with Gasteiger partial charge in [0.2, 0.25) is 0 Å². The first-order chi connectivity index (χ1) is 6.20. The monoisotopic (exact) mass is 179 g/mol. The molecule has 3 nitrogen and oxygen atoms in total. The summed E-state index contributed by atoms with van der Waals surface area (Å²) in [5.41, 5.74) is 2.56. The molecule has 0 fully saturated rings. The largest absolute Gasteiger partial charge is 0.329 e. The van der Waals surface area contributed by atoms with Gasteiger partial charge in [0.15, 0.2) is 0 Å². The van der Waals surface area contributed by atoms with Gasteiger partial charge in [0.1, 0.15) is 5.82 Å². The second kappa shape index (κ2) is 3.14. The van der Waals surface area contributed by atoms with E-state index in [2.05, 4.69) is 35.6 Å². The van der Waals surface area contributed by atoms with Gasteiger partial charge in [-0.3, -0.25) is 0 Å². The summed E-state index contributed by atoms with van der Waals surface area (Å²) >= 11 is 0. The van der Waals surface area contributed by atoms with Crippen molar-refractivity contribution in [2.75, 3.05) is 6.54 Å². The zero-order valence-electron chi connectivity index (χ0n) is 8.59. The molecule has 1 aromatic rings. The van der Waals surface area contributed by atoms with Crippen molar-refractivity contribution in [1.29, 1.82) is 0 Å². The Kier molecular flexibility index (Phi) is 2.12. The van der Waals surface area contributed by atoms with Crippen molar-refractivity contribution in [1.82, 2.24) is 14.9 Å². The number of nitrogens with zero attached hydrogens (tertiary/aromatic N) is 2. The van der Waals surface area contributed by atoms with Gasteiger partial charge in [0, 0.05) is 25.6 Å². The third-order valence-corrected chi connectivity index (χ3v) is 2.62. The molecule has 13 heavy (non-hydrogen) atoms. The molecule has 0 amide bonds. The molecule has 72 valence electrons. The molecule has 1 aromatic heterocycles. The average Bonchev–Trinajstić information content (AvgIpc) is 2.45. The summed E-state index contributed by atoms with van der Waals surface area (Å²) in [7, 11) is 0. The lowest BCUT2D eigenvalue weighted by molar-refractivity contribution is 0.492. The highest BCUT2D eigenvalue weighted by molar-refractivity contribution is 5.19. The molecule has 1 N–H and O–H groups in total. The molecule has 0 saturated heterocycles. The highest BCUT2D eigenvalue weighted by atomic mass is 15.2. The lowest BCUT2D eigenvalue weighted by Crippen LogP contribution is -2.29. The van der Waals surface area contributed by atoms with Gasteiger partial charge in [-0.2, -0.15) is 0 Å². The van der Waals surface area contributed by atoms with E-state index in [0.717, 1.165) is 19.6 Å². The Morgan fingerprint density at radius 1 is 1.46 bits per heavy atom. The molecule has 2 rings (SSSR count). The summed E-state index contributed by atoms with van der Waals surface area (Å²) < 4.78 is 2.37. The first-order valence-electron chi connectivity index (χ1n) is 4.96. The molecular weight excluding hydrogens is 162 g/mol. The van der Waals surface area contributed by atoms with Crippen molar-refractivity contribution in [3.05, 3.63) is 17.2 Å². The van der Waals surface area contributed by atoms with Crippen molar-refractivity contribution in [2.45, 2.75) is 39.8 Å². The molecule has 0 saturated carbocycles. The summed E-state index contributed by atoms with van der Waals surface area (Å²) in [6.45, 7) is 9.64. The Balaban J connectivity index is 2.47. The van der Waals surface area contributed by atoms with Crippen LogP contribution in [0.5, 0.6) is 0 Å². The number of fused-ring (bicyclic) bond motifs is 1. The van der Waals surface area contributed by atoms with E-state index in [1.54, 1.807) is 0 Å². The first kappa shape index (κ1) is 8.75. The fraction of sp³-hybridized carbons (Fsp3) is 0.700. The molecule has 0 unspecified atom stereocenters. The number of rotatable bonds is 1. The van der Waals surface area contributed by atoms with Crippen molar-refractivity contribution < 1.29 is 0 Å². The summed E-state index contributed by atoms with van der Waals surface area (Å²) in [5.74, 6) is 1.78. The quantitative estimate of drug-likeness (QED) is 0.706. The number of aromatic nitrogens is 2. The molecule has 0 aliphatic carbocycles. The second-order valence-electron chi connectivity index (χ2n) is 3.99. The maximum atomic E-state index is 4.61. The van der Waals surface area contributed by atoms with Gasteiger partial charge in [-0.15, -0.1) is 0 Å². The third-order valence-electron chi connectivity index (χ3n) is 2.62. The van der Waals surface area contributed by atoms with Crippen LogP contribution in [0, 0.1) is 6.92 Å². The fourth-order valence-corrected chi connectivity index (χ4v) is 1.94. The second-order valence-corrected chi connectivity index (χ2v) is 3.99. The van der Waals surface area contributed by atoms with Gasteiger partial charge in [-0.05, 0) is 6.92 Å². The number of hydrogen-bond acceptors (Lipinski definition) is 2. The molecule has 3 heteroatoms. The van der Waals surface area contributed by atoms with E-state index < -0.39 is 0 Å². The van der Waals surface area contributed by atoms with Crippen LogP contribution in [0.4, 0.5) is 0 Å². The van der Waals surface area contributed by atoms with Gasteiger partial charge in [0.25, 0.3) is 0 Å². The first-order valence-corrected chi connectivity index (χ1v) is 4.96. The molecule has 0 spiro atoms. The predicted octanol–water partition coefficient (Wildman–Crippen LogP) is 1.42. The van der Waals surface area contributed by atoms with Crippen LogP contribution in [0.2, 0.25) is 0 Å². The van der Waals surface area contributed by atoms with E-state index >= 15 is 0 Å². The Labute approximate surface area is 79.2 Å². The lowest BCUT2D eigenvalue weighted by atomic mass is 10.2. The molecule has 0 bridgehead atoms. The minimum Gasteiger partial charge on any atom is -0.329 e. The Morgan fingerprint density at radius 3 is 2.92 bits per heavy atom. The van der Waals surface area contributed by atoms with Crippen LogP contribution in [0.1, 0.15) is 37.0 Å². The third kappa shape index (κ3) is 1.37. The van der Waals surface area contributed by atoms with Crippen LogP contribution in [0.3, 0.4) is 0 Å². The predicted molar refractivity (Wildman–Crippen MR) is 52.8 cm³/mol. The summed E-state index contributed by atoms with van der Waals surface area (Å²) in [4.78, 5) is 4.61. The zero-order valence-corrected chi connectivity index (χ0v) is 8.59. The minimum absolute atomic E-state index is 0.533. The van der Waals surface area contributed by atoms with Gasteiger partial charge in [0.05, 0.1) is 11.4 Å². The van der Waals surface area contributed by atoms with Crippen molar-refractivity contribution in [3.63, 3.8) is 0 Å². The minimum atomic E-state index is 0.533. The topological polar surface area (TPSA) is 29.9 Å². The molecule has 0 aromatic carbocycles. The Hall–Kier alpha value is -0.830. The molecule has 2 heterocycles. The Morgan fingerprint density at radius 2 is 2.23 bits per heavy atom.